The van der Waals surface area contributed by atoms with Gasteiger partial charge in [-0.05, 0) is 48.4 Å². The Hall–Kier alpha value is -3.33. The molecule has 0 N–H and O–H groups in total. The van der Waals surface area contributed by atoms with Gasteiger partial charge in [-0.3, -0.25) is 4.79 Å². The van der Waals surface area contributed by atoms with Crippen LogP contribution < -0.4 is 9.47 Å². The van der Waals surface area contributed by atoms with Crippen LogP contribution in [0.2, 0.25) is 0 Å². The highest BCUT2D eigenvalue weighted by molar-refractivity contribution is 6.01. The van der Waals surface area contributed by atoms with Gasteiger partial charge in [0.1, 0.15) is 24.1 Å². The first-order valence-electron chi connectivity index (χ1n) is 8.42. The van der Waals surface area contributed by atoms with Crippen LogP contribution in [-0.4, -0.2) is 31.5 Å². The van der Waals surface area contributed by atoms with Crippen LogP contribution in [0.4, 0.5) is 4.39 Å². The average molecular weight is 368 g/mol. The van der Waals surface area contributed by atoms with Crippen molar-refractivity contribution in [3.05, 3.63) is 65.0 Å². The van der Waals surface area contributed by atoms with Gasteiger partial charge in [0.15, 0.2) is 11.5 Å². The molecular weight excluding hydrogens is 347 g/mol. The maximum absolute atomic E-state index is 13.0. The Kier molecular flexibility index (Phi) is 6.95. The molecule has 0 saturated heterocycles. The van der Waals surface area contributed by atoms with Gasteiger partial charge in [0.2, 0.25) is 0 Å². The second-order valence-corrected chi connectivity index (χ2v) is 5.92. The highest BCUT2D eigenvalue weighted by atomic mass is 19.1. The smallest absolute Gasteiger partial charge is 0.264 e. The van der Waals surface area contributed by atoms with E-state index in [-0.39, 0.29) is 23.9 Å². The third kappa shape index (κ3) is 5.58. The number of halogens is 1. The molecule has 2 aromatic carbocycles. The fourth-order valence-electron chi connectivity index (χ4n) is 2.29. The number of hydrogen-bond acceptors (Lipinski definition) is 4. The Labute approximate surface area is 158 Å². The number of carbonyl (C=O) groups excluding carboxylic acids is 1. The normalized spacial score (nSPS) is 10.9. The summed E-state index contributed by atoms with van der Waals surface area (Å²) >= 11 is 0. The minimum atomic E-state index is -0.368. The van der Waals surface area contributed by atoms with Crippen molar-refractivity contribution in [1.29, 1.82) is 5.26 Å². The summed E-state index contributed by atoms with van der Waals surface area (Å²) in [5.41, 5.74) is 1.51. The van der Waals surface area contributed by atoms with Gasteiger partial charge in [0.05, 0.1) is 6.61 Å². The Balaban J connectivity index is 2.23. The maximum Gasteiger partial charge on any atom is 0.264 e. The lowest BCUT2D eigenvalue weighted by molar-refractivity contribution is -0.124. The molecule has 6 heteroatoms. The van der Waals surface area contributed by atoms with Crippen LogP contribution in [0.3, 0.4) is 0 Å². The quantitative estimate of drug-likeness (QED) is 0.551. The fraction of sp³-hybridized carbons (Fsp3) is 0.238. The lowest BCUT2D eigenvalue weighted by Crippen LogP contribution is -2.22. The van der Waals surface area contributed by atoms with Crippen LogP contribution in [0.25, 0.3) is 6.08 Å². The molecule has 0 fully saturated rings. The lowest BCUT2D eigenvalue weighted by atomic mass is 10.1. The molecule has 0 aliphatic rings. The minimum Gasteiger partial charge on any atom is -0.490 e. The number of carbonyl (C=O) groups is 1. The molecule has 140 valence electrons. The molecule has 0 aliphatic carbocycles. The van der Waals surface area contributed by atoms with Crippen LogP contribution in [0.1, 0.15) is 18.1 Å². The first-order chi connectivity index (χ1) is 12.9. The van der Waals surface area contributed by atoms with E-state index in [1.165, 1.54) is 23.1 Å². The number of amides is 1. The number of hydrogen-bond donors (Lipinski definition) is 0. The molecule has 2 aromatic rings. The molecule has 0 radical (unpaired) electrons. The van der Waals surface area contributed by atoms with Gasteiger partial charge in [-0.2, -0.15) is 5.26 Å². The summed E-state index contributed by atoms with van der Waals surface area (Å²) in [5, 5.41) is 9.22. The maximum atomic E-state index is 13.0. The van der Waals surface area contributed by atoms with E-state index in [4.69, 9.17) is 9.47 Å². The summed E-state index contributed by atoms with van der Waals surface area (Å²) in [6.45, 7) is 2.54. The standard InChI is InChI=1S/C21H21FN2O3/c1-4-26-20-12-16(11-17(13-23)21(25)24(2)3)7-10-19(20)27-14-15-5-8-18(22)9-6-15/h5-12H,4,14H2,1-3H3/b17-11-. The Bertz CT molecular complexity index is 868. The SMILES string of the molecule is CCOc1cc(/C=C(/C#N)C(=O)N(C)C)ccc1OCc1ccc(F)cc1. The van der Waals surface area contributed by atoms with Crippen molar-refractivity contribution in [3.8, 4) is 17.6 Å². The van der Waals surface area contributed by atoms with Gasteiger partial charge in [0, 0.05) is 14.1 Å². The summed E-state index contributed by atoms with van der Waals surface area (Å²) in [5.74, 6) is 0.358. The largest absolute Gasteiger partial charge is 0.490 e. The Morgan fingerprint density at radius 3 is 2.44 bits per heavy atom. The number of ether oxygens (including phenoxy) is 2. The van der Waals surface area contributed by atoms with Crippen LogP contribution in [0.5, 0.6) is 11.5 Å². The second kappa shape index (κ2) is 9.39. The van der Waals surface area contributed by atoms with Crippen molar-refractivity contribution >= 4 is 12.0 Å². The molecule has 1 amide bonds. The summed E-state index contributed by atoms with van der Waals surface area (Å²) in [4.78, 5) is 13.3. The molecule has 27 heavy (non-hydrogen) atoms. The first-order valence-corrected chi connectivity index (χ1v) is 8.42. The topological polar surface area (TPSA) is 62.6 Å². The summed E-state index contributed by atoms with van der Waals surface area (Å²) in [6, 6.07) is 13.1. The Morgan fingerprint density at radius 2 is 1.85 bits per heavy atom. The van der Waals surface area contributed by atoms with Crippen LogP contribution in [-0.2, 0) is 11.4 Å². The van der Waals surface area contributed by atoms with Crippen molar-refractivity contribution in [2.45, 2.75) is 13.5 Å². The van der Waals surface area contributed by atoms with E-state index in [0.717, 1.165) is 5.56 Å². The molecule has 0 atom stereocenters. The van der Waals surface area contributed by atoms with Crippen LogP contribution >= 0.6 is 0 Å². The van der Waals surface area contributed by atoms with E-state index >= 15 is 0 Å². The van der Waals surface area contributed by atoms with Crippen molar-refractivity contribution in [2.75, 3.05) is 20.7 Å². The molecule has 0 aromatic heterocycles. The highest BCUT2D eigenvalue weighted by Gasteiger charge is 2.12. The third-order valence-corrected chi connectivity index (χ3v) is 3.64. The highest BCUT2D eigenvalue weighted by Crippen LogP contribution is 2.30. The Morgan fingerprint density at radius 1 is 1.15 bits per heavy atom. The van der Waals surface area contributed by atoms with E-state index in [0.29, 0.717) is 23.7 Å². The zero-order valence-electron chi connectivity index (χ0n) is 15.5. The monoisotopic (exact) mass is 368 g/mol. The fourth-order valence-corrected chi connectivity index (χ4v) is 2.29. The molecule has 5 nitrogen and oxygen atoms in total. The number of likely N-dealkylation sites (N-methyl/N-ethyl adjacent to an activating group) is 1. The van der Waals surface area contributed by atoms with Crippen LogP contribution in [0, 0.1) is 17.1 Å². The molecule has 0 heterocycles. The average Bonchev–Trinajstić information content (AvgIpc) is 2.66. The van der Waals surface area contributed by atoms with E-state index in [9.17, 15) is 14.4 Å². The molecule has 0 saturated carbocycles. The lowest BCUT2D eigenvalue weighted by Gasteiger charge is -2.13. The van der Waals surface area contributed by atoms with Gasteiger partial charge >= 0.3 is 0 Å². The summed E-state index contributed by atoms with van der Waals surface area (Å²) < 4.78 is 24.4. The van der Waals surface area contributed by atoms with Crippen molar-refractivity contribution < 1.29 is 18.7 Å². The van der Waals surface area contributed by atoms with Gasteiger partial charge < -0.3 is 14.4 Å². The molecular formula is C21H21FN2O3. The van der Waals surface area contributed by atoms with E-state index in [2.05, 4.69) is 0 Å². The number of nitrogens with zero attached hydrogens (tertiary/aromatic N) is 2. The summed E-state index contributed by atoms with van der Waals surface area (Å²) in [6.07, 6.45) is 1.51. The predicted molar refractivity (Wildman–Crippen MR) is 101 cm³/mol. The van der Waals surface area contributed by atoms with E-state index < -0.39 is 0 Å². The van der Waals surface area contributed by atoms with E-state index in [1.807, 2.05) is 13.0 Å². The van der Waals surface area contributed by atoms with Crippen molar-refractivity contribution in [3.63, 3.8) is 0 Å². The van der Waals surface area contributed by atoms with Gasteiger partial charge in [-0.1, -0.05) is 18.2 Å². The third-order valence-electron chi connectivity index (χ3n) is 3.64. The number of benzene rings is 2. The predicted octanol–water partition coefficient (Wildman–Crippen LogP) is 3.80. The molecule has 2 rings (SSSR count). The number of rotatable bonds is 7. The van der Waals surface area contributed by atoms with Crippen LogP contribution in [0.15, 0.2) is 48.0 Å². The molecule has 0 bridgehead atoms. The molecule has 0 spiro atoms. The minimum absolute atomic E-state index is 0.0300. The van der Waals surface area contributed by atoms with Gasteiger partial charge in [0.25, 0.3) is 5.91 Å². The first kappa shape index (κ1) is 20.0. The zero-order valence-corrected chi connectivity index (χ0v) is 15.5. The summed E-state index contributed by atoms with van der Waals surface area (Å²) in [7, 11) is 3.18. The second-order valence-electron chi connectivity index (χ2n) is 5.92. The molecule has 0 unspecified atom stereocenters. The number of nitriles is 1. The van der Waals surface area contributed by atoms with Crippen molar-refractivity contribution in [1.82, 2.24) is 4.90 Å². The van der Waals surface area contributed by atoms with Crippen molar-refractivity contribution in [2.24, 2.45) is 0 Å². The van der Waals surface area contributed by atoms with E-state index in [1.54, 1.807) is 44.4 Å². The zero-order chi connectivity index (χ0) is 19.8. The molecule has 0 aliphatic heterocycles. The van der Waals surface area contributed by atoms with Gasteiger partial charge in [-0.25, -0.2) is 4.39 Å². The van der Waals surface area contributed by atoms with Gasteiger partial charge in [-0.15, -0.1) is 0 Å².